The molecule has 0 bridgehead atoms. The van der Waals surface area contributed by atoms with Crippen LogP contribution in [0.5, 0.6) is 0 Å². The van der Waals surface area contributed by atoms with Crippen LogP contribution in [-0.4, -0.2) is 11.7 Å². The van der Waals surface area contributed by atoms with Gasteiger partial charge < -0.3 is 5.32 Å². The second-order valence-electron chi connectivity index (χ2n) is 4.63. The summed E-state index contributed by atoms with van der Waals surface area (Å²) in [6.07, 6.45) is 3.02. The molecule has 1 N–H and O–H groups in total. The molecule has 22 heavy (non-hydrogen) atoms. The topological polar surface area (TPSA) is 46.2 Å². The molecule has 0 radical (unpaired) electrons. The number of hydrogen-bond acceptors (Lipinski definition) is 2. The smallest absolute Gasteiger partial charge is 0.221 e. The van der Waals surface area contributed by atoms with Gasteiger partial charge in [0.05, 0.1) is 5.02 Å². The Hall–Kier alpha value is -2.46. The van der Waals surface area contributed by atoms with Gasteiger partial charge in [-0.1, -0.05) is 29.8 Å². The molecule has 0 aromatic heterocycles. The normalized spacial score (nSPS) is 10.7. The second kappa shape index (κ2) is 7.00. The van der Waals surface area contributed by atoms with Crippen molar-refractivity contribution in [2.45, 2.75) is 6.92 Å². The van der Waals surface area contributed by atoms with E-state index >= 15 is 0 Å². The number of hydrogen-bond donors (Lipinski definition) is 1. The van der Waals surface area contributed by atoms with Crippen molar-refractivity contribution >= 4 is 35.1 Å². The van der Waals surface area contributed by atoms with Crippen molar-refractivity contribution in [3.8, 4) is 0 Å². The Labute approximate surface area is 132 Å². The van der Waals surface area contributed by atoms with Gasteiger partial charge in [0.15, 0.2) is 5.78 Å². The van der Waals surface area contributed by atoms with Crippen LogP contribution in [-0.2, 0) is 4.79 Å². The zero-order valence-corrected chi connectivity index (χ0v) is 12.5. The highest BCUT2D eigenvalue weighted by Crippen LogP contribution is 2.17. The Morgan fingerprint density at radius 1 is 1.14 bits per heavy atom. The van der Waals surface area contributed by atoms with E-state index in [4.69, 9.17) is 11.6 Å². The van der Waals surface area contributed by atoms with E-state index < -0.39 is 5.82 Å². The molecule has 3 nitrogen and oxygen atoms in total. The van der Waals surface area contributed by atoms with Gasteiger partial charge in [0.2, 0.25) is 5.91 Å². The molecule has 1 amide bonds. The Kier molecular flexibility index (Phi) is 5.07. The van der Waals surface area contributed by atoms with E-state index in [2.05, 4.69) is 5.32 Å². The maximum absolute atomic E-state index is 13.0. The molecule has 5 heteroatoms. The summed E-state index contributed by atoms with van der Waals surface area (Å²) in [6.45, 7) is 1.43. The first-order chi connectivity index (χ1) is 10.5. The fourth-order valence-corrected chi connectivity index (χ4v) is 1.98. The Balaban J connectivity index is 2.08. The first-order valence-corrected chi connectivity index (χ1v) is 6.88. The van der Waals surface area contributed by atoms with E-state index in [0.29, 0.717) is 11.3 Å². The Bertz CT molecular complexity index is 739. The second-order valence-corrected chi connectivity index (χ2v) is 5.04. The summed E-state index contributed by atoms with van der Waals surface area (Å²) >= 11 is 5.65. The fourth-order valence-electron chi connectivity index (χ4n) is 1.80. The van der Waals surface area contributed by atoms with Crippen molar-refractivity contribution in [2.75, 3.05) is 5.32 Å². The number of benzene rings is 2. The highest BCUT2D eigenvalue weighted by molar-refractivity contribution is 6.31. The van der Waals surface area contributed by atoms with Crippen molar-refractivity contribution in [3.05, 3.63) is 70.5 Å². The van der Waals surface area contributed by atoms with Crippen LogP contribution in [0.2, 0.25) is 5.02 Å². The number of anilines is 1. The van der Waals surface area contributed by atoms with Crippen LogP contribution >= 0.6 is 11.6 Å². The molecule has 0 aliphatic heterocycles. The monoisotopic (exact) mass is 317 g/mol. The van der Waals surface area contributed by atoms with E-state index in [0.717, 1.165) is 11.6 Å². The van der Waals surface area contributed by atoms with Gasteiger partial charge in [-0.15, -0.1) is 0 Å². The molecule has 0 fully saturated rings. The average molecular weight is 318 g/mol. The molecule has 0 heterocycles. The molecule has 0 unspecified atom stereocenters. The minimum atomic E-state index is -0.559. The molecule has 0 atom stereocenters. The molecular formula is C17H13ClFNO2. The summed E-state index contributed by atoms with van der Waals surface area (Å²) in [5.41, 5.74) is 1.80. The van der Waals surface area contributed by atoms with Gasteiger partial charge in [0.25, 0.3) is 0 Å². The summed E-state index contributed by atoms with van der Waals surface area (Å²) < 4.78 is 13.0. The van der Waals surface area contributed by atoms with Crippen molar-refractivity contribution in [1.29, 1.82) is 0 Å². The number of allylic oxidation sites excluding steroid dienone is 1. The predicted molar refractivity (Wildman–Crippen MR) is 85.5 cm³/mol. The molecule has 0 spiro atoms. The van der Waals surface area contributed by atoms with Gasteiger partial charge in [0, 0.05) is 18.2 Å². The molecule has 2 rings (SSSR count). The Morgan fingerprint density at radius 2 is 1.82 bits per heavy atom. The number of nitrogens with one attached hydrogen (secondary N) is 1. The van der Waals surface area contributed by atoms with Crippen LogP contribution in [0, 0.1) is 5.82 Å². The lowest BCUT2D eigenvalue weighted by molar-refractivity contribution is -0.114. The van der Waals surface area contributed by atoms with Gasteiger partial charge in [-0.25, -0.2) is 4.39 Å². The lowest BCUT2D eigenvalue weighted by atomic mass is 10.1. The Morgan fingerprint density at radius 3 is 2.41 bits per heavy atom. The SMILES string of the molecule is CC(=O)Nc1ccc(/C=C/C(=O)c2ccc(F)c(Cl)c2)cc1. The molecule has 0 saturated heterocycles. The highest BCUT2D eigenvalue weighted by atomic mass is 35.5. The largest absolute Gasteiger partial charge is 0.326 e. The van der Waals surface area contributed by atoms with Gasteiger partial charge >= 0.3 is 0 Å². The molecule has 2 aromatic rings. The minimum Gasteiger partial charge on any atom is -0.326 e. The fraction of sp³-hybridized carbons (Fsp3) is 0.0588. The number of carbonyl (C=O) groups is 2. The summed E-state index contributed by atoms with van der Waals surface area (Å²) in [5.74, 6) is -0.977. The minimum absolute atomic E-state index is 0.0843. The van der Waals surface area contributed by atoms with Crippen molar-refractivity contribution in [3.63, 3.8) is 0 Å². The standard InChI is InChI=1S/C17H13ClFNO2/c1-11(21)20-14-6-2-12(3-7-14)4-9-17(22)13-5-8-16(19)15(18)10-13/h2-10H,1H3,(H,20,21)/b9-4+. The first kappa shape index (κ1) is 15.9. The van der Waals surface area contributed by atoms with Gasteiger partial charge in [-0.2, -0.15) is 0 Å². The molecule has 0 aliphatic rings. The van der Waals surface area contributed by atoms with E-state index in [1.54, 1.807) is 30.3 Å². The third kappa shape index (κ3) is 4.27. The van der Waals surface area contributed by atoms with Crippen LogP contribution in [0.3, 0.4) is 0 Å². The number of carbonyl (C=O) groups excluding carboxylic acids is 2. The predicted octanol–water partition coefficient (Wildman–Crippen LogP) is 4.33. The number of amides is 1. The molecular weight excluding hydrogens is 305 g/mol. The molecule has 2 aromatic carbocycles. The van der Waals surface area contributed by atoms with Crippen molar-refractivity contribution < 1.29 is 14.0 Å². The van der Waals surface area contributed by atoms with Crippen LogP contribution in [0.1, 0.15) is 22.8 Å². The summed E-state index contributed by atoms with van der Waals surface area (Å²) in [7, 11) is 0. The van der Waals surface area contributed by atoms with E-state index in [1.165, 1.54) is 25.1 Å². The van der Waals surface area contributed by atoms with E-state index in [9.17, 15) is 14.0 Å². The third-order valence-electron chi connectivity index (χ3n) is 2.86. The number of halogens is 2. The van der Waals surface area contributed by atoms with Crippen molar-refractivity contribution in [2.24, 2.45) is 0 Å². The summed E-state index contributed by atoms with van der Waals surface area (Å²) in [4.78, 5) is 22.9. The highest BCUT2D eigenvalue weighted by Gasteiger charge is 2.06. The quantitative estimate of drug-likeness (QED) is 0.673. The van der Waals surface area contributed by atoms with Crippen LogP contribution < -0.4 is 5.32 Å². The van der Waals surface area contributed by atoms with E-state index in [-0.39, 0.29) is 16.7 Å². The van der Waals surface area contributed by atoms with Crippen LogP contribution in [0.15, 0.2) is 48.5 Å². The number of ketones is 1. The van der Waals surface area contributed by atoms with Crippen molar-refractivity contribution in [1.82, 2.24) is 0 Å². The summed E-state index contributed by atoms with van der Waals surface area (Å²) in [5, 5.41) is 2.57. The average Bonchev–Trinajstić information content (AvgIpc) is 2.48. The van der Waals surface area contributed by atoms with Gasteiger partial charge in [0.1, 0.15) is 5.82 Å². The van der Waals surface area contributed by atoms with Crippen LogP contribution in [0.25, 0.3) is 6.08 Å². The molecule has 0 aliphatic carbocycles. The number of rotatable bonds is 4. The van der Waals surface area contributed by atoms with E-state index in [1.807, 2.05) is 0 Å². The zero-order chi connectivity index (χ0) is 16.1. The van der Waals surface area contributed by atoms with Crippen LogP contribution in [0.4, 0.5) is 10.1 Å². The maximum atomic E-state index is 13.0. The summed E-state index contributed by atoms with van der Waals surface area (Å²) in [6, 6.07) is 10.9. The van der Waals surface area contributed by atoms with Gasteiger partial charge in [-0.05, 0) is 42.0 Å². The lowest BCUT2D eigenvalue weighted by Crippen LogP contribution is -2.05. The maximum Gasteiger partial charge on any atom is 0.221 e. The zero-order valence-electron chi connectivity index (χ0n) is 11.8. The molecule has 112 valence electrons. The lowest BCUT2D eigenvalue weighted by Gasteiger charge is -2.02. The molecule has 0 saturated carbocycles. The third-order valence-corrected chi connectivity index (χ3v) is 3.15. The van der Waals surface area contributed by atoms with Gasteiger partial charge in [-0.3, -0.25) is 9.59 Å². The first-order valence-electron chi connectivity index (χ1n) is 6.51.